The van der Waals surface area contributed by atoms with E-state index in [1.165, 1.54) is 6.07 Å². The molecule has 0 saturated heterocycles. The van der Waals surface area contributed by atoms with Crippen molar-refractivity contribution in [2.45, 2.75) is 13.2 Å². The topological polar surface area (TPSA) is 21.7 Å². The Morgan fingerprint density at radius 3 is 2.38 bits per heavy atom. The van der Waals surface area contributed by atoms with Crippen molar-refractivity contribution >= 4 is 5.69 Å². The molecule has 0 bridgehead atoms. The van der Waals surface area contributed by atoms with Gasteiger partial charge in [0.05, 0.1) is 12.2 Å². The minimum Gasteiger partial charge on any atom is -0.364 e. The van der Waals surface area contributed by atoms with Crippen LogP contribution in [0.1, 0.15) is 6.92 Å². The summed E-state index contributed by atoms with van der Waals surface area (Å²) in [6.07, 6.45) is -0.348. The van der Waals surface area contributed by atoms with Crippen LogP contribution >= 0.6 is 0 Å². The summed E-state index contributed by atoms with van der Waals surface area (Å²) >= 11 is 0. The summed E-state index contributed by atoms with van der Waals surface area (Å²) in [5, 5.41) is 0. The van der Waals surface area contributed by atoms with Crippen LogP contribution in [0.5, 0.6) is 0 Å². The van der Waals surface area contributed by atoms with Gasteiger partial charge in [-0.1, -0.05) is 12.1 Å². The molecular weight excluding hydrogens is 209 g/mol. The number of methoxy groups -OCH3 is 2. The van der Waals surface area contributed by atoms with Gasteiger partial charge in [-0.2, -0.15) is 0 Å². The standard InChI is InChI=1S/C12H18FNO2/c1-4-14(9-12(15-2)16-3)11-8-6-5-7-10(11)13/h5-8,12H,4,9H2,1-3H3. The molecule has 0 fully saturated rings. The van der Waals surface area contributed by atoms with Gasteiger partial charge in [-0.3, -0.25) is 0 Å². The number of nitrogens with zero attached hydrogens (tertiary/aromatic N) is 1. The lowest BCUT2D eigenvalue weighted by atomic mass is 10.2. The highest BCUT2D eigenvalue weighted by molar-refractivity contribution is 5.47. The third-order valence-corrected chi connectivity index (χ3v) is 2.47. The fourth-order valence-electron chi connectivity index (χ4n) is 1.53. The summed E-state index contributed by atoms with van der Waals surface area (Å²) in [6.45, 7) is 3.17. The third kappa shape index (κ3) is 3.18. The lowest BCUT2D eigenvalue weighted by molar-refractivity contribution is -0.0948. The van der Waals surface area contributed by atoms with Crippen LogP contribution in [0.4, 0.5) is 10.1 Å². The summed E-state index contributed by atoms with van der Waals surface area (Å²) < 4.78 is 23.8. The van der Waals surface area contributed by atoms with E-state index >= 15 is 0 Å². The first kappa shape index (κ1) is 12.9. The van der Waals surface area contributed by atoms with Crippen LogP contribution in [0.3, 0.4) is 0 Å². The highest BCUT2D eigenvalue weighted by atomic mass is 19.1. The zero-order valence-electron chi connectivity index (χ0n) is 9.94. The molecule has 0 heterocycles. The first-order valence-electron chi connectivity index (χ1n) is 5.28. The number of para-hydroxylation sites is 1. The van der Waals surface area contributed by atoms with Gasteiger partial charge in [0.15, 0.2) is 6.29 Å². The molecule has 0 aliphatic carbocycles. The summed E-state index contributed by atoms with van der Waals surface area (Å²) in [5.41, 5.74) is 0.573. The number of anilines is 1. The molecule has 0 aromatic heterocycles. The van der Waals surface area contributed by atoms with E-state index in [4.69, 9.17) is 9.47 Å². The van der Waals surface area contributed by atoms with Gasteiger partial charge in [0.2, 0.25) is 0 Å². The molecule has 0 atom stereocenters. The van der Waals surface area contributed by atoms with Crippen LogP contribution in [-0.2, 0) is 9.47 Å². The molecule has 0 spiro atoms. The molecule has 4 heteroatoms. The van der Waals surface area contributed by atoms with Crippen LogP contribution in [0.15, 0.2) is 24.3 Å². The van der Waals surface area contributed by atoms with E-state index in [2.05, 4.69) is 0 Å². The van der Waals surface area contributed by atoms with E-state index in [1.807, 2.05) is 17.9 Å². The quantitative estimate of drug-likeness (QED) is 0.696. The summed E-state index contributed by atoms with van der Waals surface area (Å²) in [5.74, 6) is -0.227. The number of likely N-dealkylation sites (N-methyl/N-ethyl adjacent to an activating group) is 1. The largest absolute Gasteiger partial charge is 0.364 e. The molecule has 0 N–H and O–H groups in total. The van der Waals surface area contributed by atoms with E-state index in [1.54, 1.807) is 26.4 Å². The predicted molar refractivity (Wildman–Crippen MR) is 62.1 cm³/mol. The minimum absolute atomic E-state index is 0.227. The highest BCUT2D eigenvalue weighted by Gasteiger charge is 2.14. The SMILES string of the molecule is CCN(CC(OC)OC)c1ccccc1F. The van der Waals surface area contributed by atoms with E-state index in [9.17, 15) is 4.39 Å². The summed E-state index contributed by atoms with van der Waals surface area (Å²) in [4.78, 5) is 1.88. The van der Waals surface area contributed by atoms with Crippen molar-refractivity contribution in [3.63, 3.8) is 0 Å². The Hall–Kier alpha value is -1.13. The van der Waals surface area contributed by atoms with Crippen molar-refractivity contribution in [3.8, 4) is 0 Å². The Balaban J connectivity index is 2.78. The Labute approximate surface area is 95.8 Å². The maximum absolute atomic E-state index is 13.6. The summed E-state index contributed by atoms with van der Waals surface area (Å²) in [7, 11) is 3.15. The second-order valence-corrected chi connectivity index (χ2v) is 3.39. The molecule has 3 nitrogen and oxygen atoms in total. The average molecular weight is 227 g/mol. The van der Waals surface area contributed by atoms with E-state index < -0.39 is 0 Å². The number of ether oxygens (including phenoxy) is 2. The zero-order valence-corrected chi connectivity index (χ0v) is 9.94. The van der Waals surface area contributed by atoms with Crippen molar-refractivity contribution in [2.75, 3.05) is 32.2 Å². The molecule has 16 heavy (non-hydrogen) atoms. The molecule has 1 aromatic rings. The normalized spacial score (nSPS) is 10.8. The van der Waals surface area contributed by atoms with Crippen LogP contribution in [0, 0.1) is 5.82 Å². The first-order chi connectivity index (χ1) is 7.72. The molecule has 0 saturated carbocycles. The van der Waals surface area contributed by atoms with Gasteiger partial charge in [0.1, 0.15) is 5.82 Å². The maximum Gasteiger partial charge on any atom is 0.174 e. The molecule has 0 radical (unpaired) electrons. The second kappa shape index (κ2) is 6.45. The number of benzene rings is 1. The lowest BCUT2D eigenvalue weighted by Gasteiger charge is -2.27. The van der Waals surface area contributed by atoms with Crippen molar-refractivity contribution in [3.05, 3.63) is 30.1 Å². The smallest absolute Gasteiger partial charge is 0.174 e. The van der Waals surface area contributed by atoms with Crippen molar-refractivity contribution < 1.29 is 13.9 Å². The van der Waals surface area contributed by atoms with Gasteiger partial charge < -0.3 is 14.4 Å². The van der Waals surface area contributed by atoms with Crippen LogP contribution < -0.4 is 4.90 Å². The Bertz CT molecular complexity index is 316. The predicted octanol–water partition coefficient (Wildman–Crippen LogP) is 2.27. The van der Waals surface area contributed by atoms with Gasteiger partial charge in [0.25, 0.3) is 0 Å². The maximum atomic E-state index is 13.6. The Morgan fingerprint density at radius 1 is 1.25 bits per heavy atom. The van der Waals surface area contributed by atoms with Crippen LogP contribution in [0.25, 0.3) is 0 Å². The van der Waals surface area contributed by atoms with Crippen molar-refractivity contribution in [1.82, 2.24) is 0 Å². The zero-order chi connectivity index (χ0) is 12.0. The van der Waals surface area contributed by atoms with Gasteiger partial charge in [-0.25, -0.2) is 4.39 Å². The fraction of sp³-hybridized carbons (Fsp3) is 0.500. The Morgan fingerprint density at radius 2 is 1.88 bits per heavy atom. The molecule has 1 rings (SSSR count). The van der Waals surface area contributed by atoms with Gasteiger partial charge in [0, 0.05) is 20.8 Å². The van der Waals surface area contributed by atoms with Crippen molar-refractivity contribution in [2.24, 2.45) is 0 Å². The molecule has 90 valence electrons. The lowest BCUT2D eigenvalue weighted by Crippen LogP contribution is -2.34. The van der Waals surface area contributed by atoms with E-state index in [-0.39, 0.29) is 12.1 Å². The van der Waals surface area contributed by atoms with Gasteiger partial charge in [-0.15, -0.1) is 0 Å². The number of hydrogen-bond donors (Lipinski definition) is 0. The van der Waals surface area contributed by atoms with Crippen LogP contribution in [0.2, 0.25) is 0 Å². The summed E-state index contributed by atoms with van der Waals surface area (Å²) in [6, 6.07) is 6.69. The molecule has 0 aliphatic heterocycles. The van der Waals surface area contributed by atoms with E-state index in [0.717, 1.165) is 0 Å². The van der Waals surface area contributed by atoms with Gasteiger partial charge >= 0.3 is 0 Å². The first-order valence-corrected chi connectivity index (χ1v) is 5.28. The molecule has 1 aromatic carbocycles. The molecular formula is C12H18FNO2. The minimum atomic E-state index is -0.348. The Kier molecular flexibility index (Phi) is 5.22. The number of halogens is 1. The number of rotatable bonds is 6. The molecule has 0 amide bonds. The van der Waals surface area contributed by atoms with Crippen LogP contribution in [-0.4, -0.2) is 33.6 Å². The average Bonchev–Trinajstić information content (AvgIpc) is 2.32. The highest BCUT2D eigenvalue weighted by Crippen LogP contribution is 2.18. The molecule has 0 unspecified atom stereocenters. The monoisotopic (exact) mass is 227 g/mol. The molecule has 0 aliphatic rings. The van der Waals surface area contributed by atoms with E-state index in [0.29, 0.717) is 18.8 Å². The van der Waals surface area contributed by atoms with Crippen molar-refractivity contribution in [1.29, 1.82) is 0 Å². The van der Waals surface area contributed by atoms with Gasteiger partial charge in [-0.05, 0) is 19.1 Å². The second-order valence-electron chi connectivity index (χ2n) is 3.39. The third-order valence-electron chi connectivity index (χ3n) is 2.47. The number of hydrogen-bond acceptors (Lipinski definition) is 3. The fourth-order valence-corrected chi connectivity index (χ4v) is 1.53.